The summed E-state index contributed by atoms with van der Waals surface area (Å²) in [4.78, 5) is 12.1. The van der Waals surface area contributed by atoms with E-state index in [9.17, 15) is 9.90 Å². The predicted molar refractivity (Wildman–Crippen MR) is 75.7 cm³/mol. The average Bonchev–Trinajstić information content (AvgIpc) is 2.24. The third kappa shape index (κ3) is 3.89. The molecular weight excluding hydrogens is 248 g/mol. The molecule has 1 heterocycles. The van der Waals surface area contributed by atoms with E-state index < -0.39 is 5.60 Å². The maximum Gasteiger partial charge on any atom is 0.311 e. The lowest BCUT2D eigenvalue weighted by Crippen LogP contribution is -2.51. The quantitative estimate of drug-likeness (QED) is 0.783. The summed E-state index contributed by atoms with van der Waals surface area (Å²) in [5.74, 6) is 1.06. The Kier molecular flexibility index (Phi) is 5.53. The van der Waals surface area contributed by atoms with Crippen molar-refractivity contribution in [1.29, 1.82) is 0 Å². The minimum absolute atomic E-state index is 0.0795. The molecule has 0 aliphatic carbocycles. The molecule has 2 unspecified atom stereocenters. The molecule has 1 fully saturated rings. The van der Waals surface area contributed by atoms with Crippen LogP contribution in [0.5, 0.6) is 0 Å². The highest BCUT2D eigenvalue weighted by Crippen LogP contribution is 2.44. The van der Waals surface area contributed by atoms with Crippen LogP contribution in [0.3, 0.4) is 0 Å². The van der Waals surface area contributed by atoms with Crippen LogP contribution in [0.2, 0.25) is 0 Å². The number of hydrogen-bond acceptors (Lipinski definition) is 4. The Hall–Kier alpha value is -0.220. The first-order valence-corrected chi connectivity index (χ1v) is 7.97. The Balaban J connectivity index is 2.85. The van der Waals surface area contributed by atoms with Gasteiger partial charge >= 0.3 is 5.97 Å². The van der Waals surface area contributed by atoms with E-state index in [1.165, 1.54) is 0 Å². The van der Waals surface area contributed by atoms with Gasteiger partial charge in [0, 0.05) is 5.75 Å². The van der Waals surface area contributed by atoms with E-state index in [-0.39, 0.29) is 17.3 Å². The molecule has 106 valence electrons. The van der Waals surface area contributed by atoms with Crippen molar-refractivity contribution >= 4 is 17.7 Å². The second kappa shape index (κ2) is 6.29. The summed E-state index contributed by atoms with van der Waals surface area (Å²) >= 11 is 1.74. The molecule has 2 atom stereocenters. The summed E-state index contributed by atoms with van der Waals surface area (Å²) in [5.41, 5.74) is -0.829. The van der Waals surface area contributed by atoms with Gasteiger partial charge in [-0.05, 0) is 30.9 Å². The number of hydrogen-bond donors (Lipinski definition) is 1. The Morgan fingerprint density at radius 3 is 2.56 bits per heavy atom. The maximum absolute atomic E-state index is 12.1. The van der Waals surface area contributed by atoms with Crippen LogP contribution in [0.15, 0.2) is 0 Å². The molecule has 18 heavy (non-hydrogen) atoms. The maximum atomic E-state index is 12.1. The molecule has 0 amide bonds. The zero-order valence-electron chi connectivity index (χ0n) is 12.0. The van der Waals surface area contributed by atoms with Gasteiger partial charge < -0.3 is 9.84 Å². The minimum atomic E-state index is -0.908. The summed E-state index contributed by atoms with van der Waals surface area (Å²) in [6.07, 6.45) is 2.26. The van der Waals surface area contributed by atoms with Crippen LogP contribution in [0.25, 0.3) is 0 Å². The van der Waals surface area contributed by atoms with Crippen LogP contribution in [0.4, 0.5) is 0 Å². The number of esters is 1. The van der Waals surface area contributed by atoms with Crippen molar-refractivity contribution in [2.75, 3.05) is 18.1 Å². The van der Waals surface area contributed by atoms with Crippen LogP contribution in [-0.2, 0) is 9.53 Å². The molecule has 0 bridgehead atoms. The molecule has 1 saturated heterocycles. The van der Waals surface area contributed by atoms with Crippen molar-refractivity contribution in [2.24, 2.45) is 11.3 Å². The average molecular weight is 274 g/mol. The fourth-order valence-electron chi connectivity index (χ4n) is 2.80. The topological polar surface area (TPSA) is 46.5 Å². The van der Waals surface area contributed by atoms with Gasteiger partial charge in [-0.15, -0.1) is 0 Å². The molecule has 0 aromatic rings. The third-order valence-corrected chi connectivity index (χ3v) is 5.12. The van der Waals surface area contributed by atoms with Gasteiger partial charge in [0.25, 0.3) is 0 Å². The van der Waals surface area contributed by atoms with E-state index in [1.54, 1.807) is 11.8 Å². The van der Waals surface area contributed by atoms with Crippen molar-refractivity contribution < 1.29 is 14.6 Å². The SMILES string of the molecule is CCCC(C(=O)OCC)C1(O)CSCC(C)(C)C1. The number of ether oxygens (including phenoxy) is 1. The van der Waals surface area contributed by atoms with Crippen molar-refractivity contribution in [1.82, 2.24) is 0 Å². The summed E-state index contributed by atoms with van der Waals surface area (Å²) in [6, 6.07) is 0. The highest BCUT2D eigenvalue weighted by molar-refractivity contribution is 7.99. The lowest BCUT2D eigenvalue weighted by molar-refractivity contribution is -0.159. The summed E-state index contributed by atoms with van der Waals surface area (Å²) in [5, 5.41) is 10.9. The van der Waals surface area contributed by atoms with Gasteiger partial charge in [-0.1, -0.05) is 27.2 Å². The summed E-state index contributed by atoms with van der Waals surface area (Å²) in [7, 11) is 0. The van der Waals surface area contributed by atoms with Gasteiger partial charge in [-0.3, -0.25) is 4.79 Å². The largest absolute Gasteiger partial charge is 0.466 e. The molecule has 0 aromatic carbocycles. The Bertz CT molecular complexity index is 291. The van der Waals surface area contributed by atoms with Crippen LogP contribution < -0.4 is 0 Å². The van der Waals surface area contributed by atoms with Gasteiger partial charge in [0.05, 0.1) is 18.1 Å². The van der Waals surface area contributed by atoms with Gasteiger partial charge in [-0.2, -0.15) is 11.8 Å². The molecule has 1 aliphatic rings. The van der Waals surface area contributed by atoms with E-state index in [0.717, 1.165) is 12.2 Å². The van der Waals surface area contributed by atoms with E-state index in [0.29, 0.717) is 25.2 Å². The monoisotopic (exact) mass is 274 g/mol. The van der Waals surface area contributed by atoms with Gasteiger partial charge in [-0.25, -0.2) is 0 Å². The third-order valence-electron chi connectivity index (χ3n) is 3.43. The fourth-order valence-corrected chi connectivity index (χ4v) is 4.21. The molecule has 0 saturated carbocycles. The van der Waals surface area contributed by atoms with Gasteiger partial charge in [0.1, 0.15) is 0 Å². The summed E-state index contributed by atoms with van der Waals surface area (Å²) < 4.78 is 5.13. The van der Waals surface area contributed by atoms with Crippen molar-refractivity contribution in [3.8, 4) is 0 Å². The van der Waals surface area contributed by atoms with Crippen LogP contribution in [0.1, 0.15) is 47.0 Å². The lowest BCUT2D eigenvalue weighted by Gasteiger charge is -2.44. The second-order valence-electron chi connectivity index (χ2n) is 6.03. The Morgan fingerprint density at radius 2 is 2.06 bits per heavy atom. The molecule has 1 rings (SSSR count). The Morgan fingerprint density at radius 1 is 1.39 bits per heavy atom. The zero-order chi connectivity index (χ0) is 13.8. The molecular formula is C14H26O3S. The van der Waals surface area contributed by atoms with Crippen molar-refractivity contribution in [3.05, 3.63) is 0 Å². The standard InChI is InChI=1S/C14H26O3S/c1-5-7-11(12(15)17-6-2)14(16)8-13(3,4)9-18-10-14/h11,16H,5-10H2,1-4H3. The minimum Gasteiger partial charge on any atom is -0.466 e. The van der Waals surface area contributed by atoms with E-state index in [2.05, 4.69) is 13.8 Å². The van der Waals surface area contributed by atoms with E-state index in [4.69, 9.17) is 4.74 Å². The Labute approximate surface area is 115 Å². The smallest absolute Gasteiger partial charge is 0.311 e. The molecule has 4 heteroatoms. The number of carbonyl (C=O) groups is 1. The molecule has 3 nitrogen and oxygen atoms in total. The first-order chi connectivity index (χ1) is 8.34. The van der Waals surface area contributed by atoms with Gasteiger partial charge in [0.15, 0.2) is 0 Å². The van der Waals surface area contributed by atoms with Crippen molar-refractivity contribution in [3.63, 3.8) is 0 Å². The highest BCUT2D eigenvalue weighted by atomic mass is 32.2. The van der Waals surface area contributed by atoms with Crippen LogP contribution in [0, 0.1) is 11.3 Å². The number of aliphatic hydroxyl groups is 1. The van der Waals surface area contributed by atoms with Crippen LogP contribution in [-0.4, -0.2) is 34.8 Å². The number of rotatable bonds is 5. The van der Waals surface area contributed by atoms with E-state index in [1.807, 2.05) is 13.8 Å². The van der Waals surface area contributed by atoms with Crippen LogP contribution >= 0.6 is 11.8 Å². The normalized spacial score (nSPS) is 28.7. The molecule has 0 radical (unpaired) electrons. The summed E-state index contributed by atoms with van der Waals surface area (Å²) in [6.45, 7) is 8.53. The zero-order valence-corrected chi connectivity index (χ0v) is 12.8. The predicted octanol–water partition coefficient (Wildman–Crippen LogP) is 2.86. The van der Waals surface area contributed by atoms with Crippen molar-refractivity contribution in [2.45, 2.75) is 52.6 Å². The lowest BCUT2D eigenvalue weighted by atomic mass is 9.74. The first kappa shape index (κ1) is 15.8. The van der Waals surface area contributed by atoms with E-state index >= 15 is 0 Å². The number of carbonyl (C=O) groups excluding carboxylic acids is 1. The van der Waals surface area contributed by atoms with Gasteiger partial charge in [0.2, 0.25) is 0 Å². The highest BCUT2D eigenvalue weighted by Gasteiger charge is 2.47. The fraction of sp³-hybridized carbons (Fsp3) is 0.929. The molecule has 0 spiro atoms. The molecule has 0 aromatic heterocycles. The first-order valence-electron chi connectivity index (χ1n) is 6.81. The second-order valence-corrected chi connectivity index (χ2v) is 7.02. The number of thioether (sulfide) groups is 1. The molecule has 1 aliphatic heterocycles. The molecule has 1 N–H and O–H groups in total.